The number of aliphatic hydroxyl groups excluding tert-OH is 1. The smallest absolute Gasteiger partial charge is 0.410 e. The van der Waals surface area contributed by atoms with Crippen LogP contribution >= 0.6 is 0 Å². The van der Waals surface area contributed by atoms with E-state index in [1.54, 1.807) is 4.90 Å². The first kappa shape index (κ1) is 24.5. The standard InChI is InChI=1S/C26H37NO4Si/c1-25(2,3)31-24(29)27-17-20(23(28)18-27)19-30-32(26(4,5)6,21-13-9-7-10-14-21)22-15-11-8-12-16-22/h7-16,20,23,28H,17-19H2,1-6H3/t20-,23+/m1/s1. The van der Waals surface area contributed by atoms with Gasteiger partial charge in [0.25, 0.3) is 8.32 Å². The van der Waals surface area contributed by atoms with E-state index in [0.29, 0.717) is 13.2 Å². The SMILES string of the molecule is CC(C)(C)OC(=O)N1C[C@H](CO[Si](c2ccccc2)(c2ccccc2)C(C)(C)C)[C@@H](O)C1. The highest BCUT2D eigenvalue weighted by Gasteiger charge is 2.51. The first-order valence-electron chi connectivity index (χ1n) is 11.3. The maximum Gasteiger partial charge on any atom is 0.410 e. The zero-order valence-electron chi connectivity index (χ0n) is 20.2. The van der Waals surface area contributed by atoms with Crippen LogP contribution in [0.3, 0.4) is 0 Å². The molecule has 0 unspecified atom stereocenters. The summed E-state index contributed by atoms with van der Waals surface area (Å²) in [5.74, 6) is -0.163. The summed E-state index contributed by atoms with van der Waals surface area (Å²) in [5.41, 5.74) is -0.564. The average molecular weight is 456 g/mol. The summed E-state index contributed by atoms with van der Waals surface area (Å²) in [4.78, 5) is 14.1. The third-order valence-corrected chi connectivity index (χ3v) is 11.0. The second kappa shape index (κ2) is 9.38. The maximum atomic E-state index is 12.5. The second-order valence-corrected chi connectivity index (χ2v) is 15.0. The van der Waals surface area contributed by atoms with Gasteiger partial charge in [0.15, 0.2) is 0 Å². The molecular formula is C26H37NO4Si. The largest absolute Gasteiger partial charge is 0.444 e. The van der Waals surface area contributed by atoms with Crippen molar-refractivity contribution in [3.8, 4) is 0 Å². The predicted octanol–water partition coefficient (Wildman–Crippen LogP) is 3.79. The van der Waals surface area contributed by atoms with Crippen molar-refractivity contribution in [1.29, 1.82) is 0 Å². The van der Waals surface area contributed by atoms with E-state index < -0.39 is 20.0 Å². The Hall–Kier alpha value is -2.15. The summed E-state index contributed by atoms with van der Waals surface area (Å²) in [6, 6.07) is 20.9. The zero-order valence-corrected chi connectivity index (χ0v) is 21.2. The minimum atomic E-state index is -2.68. The summed E-state index contributed by atoms with van der Waals surface area (Å²) >= 11 is 0. The van der Waals surface area contributed by atoms with Gasteiger partial charge in [0, 0.05) is 19.1 Å². The molecule has 5 nitrogen and oxygen atoms in total. The van der Waals surface area contributed by atoms with Gasteiger partial charge < -0.3 is 19.2 Å². The molecule has 0 aromatic heterocycles. The van der Waals surface area contributed by atoms with E-state index in [1.165, 1.54) is 10.4 Å². The van der Waals surface area contributed by atoms with Gasteiger partial charge in [-0.25, -0.2) is 4.79 Å². The number of carbonyl (C=O) groups excluding carboxylic acids is 1. The monoisotopic (exact) mass is 455 g/mol. The lowest BCUT2D eigenvalue weighted by molar-refractivity contribution is 0.0269. The summed E-state index contributed by atoms with van der Waals surface area (Å²) in [6.07, 6.45) is -1.02. The van der Waals surface area contributed by atoms with Gasteiger partial charge in [0.05, 0.1) is 12.6 Å². The van der Waals surface area contributed by atoms with Crippen molar-refractivity contribution in [3.05, 3.63) is 60.7 Å². The van der Waals surface area contributed by atoms with Crippen LogP contribution < -0.4 is 10.4 Å². The molecule has 0 aliphatic carbocycles. The Labute approximate surface area is 193 Å². The van der Waals surface area contributed by atoms with Crippen molar-refractivity contribution in [2.45, 2.75) is 58.3 Å². The number of aliphatic hydroxyl groups is 1. The Morgan fingerprint density at radius 2 is 1.44 bits per heavy atom. The molecule has 32 heavy (non-hydrogen) atoms. The molecule has 2 atom stereocenters. The molecule has 1 amide bonds. The Morgan fingerprint density at radius 3 is 1.88 bits per heavy atom. The predicted molar refractivity (Wildman–Crippen MR) is 131 cm³/mol. The van der Waals surface area contributed by atoms with E-state index in [2.05, 4.69) is 69.3 Å². The Morgan fingerprint density at radius 1 is 0.938 bits per heavy atom. The van der Waals surface area contributed by atoms with Gasteiger partial charge in [-0.05, 0) is 36.2 Å². The quantitative estimate of drug-likeness (QED) is 0.697. The molecule has 0 saturated carbocycles. The highest BCUT2D eigenvalue weighted by Crippen LogP contribution is 2.37. The molecule has 0 spiro atoms. The summed E-state index contributed by atoms with van der Waals surface area (Å²) in [5, 5.41) is 13.0. The minimum absolute atomic E-state index is 0.135. The first-order valence-corrected chi connectivity index (χ1v) is 13.3. The molecule has 0 radical (unpaired) electrons. The fourth-order valence-electron chi connectivity index (χ4n) is 4.49. The van der Waals surface area contributed by atoms with Crippen molar-refractivity contribution in [3.63, 3.8) is 0 Å². The molecule has 2 aromatic rings. The van der Waals surface area contributed by atoms with Gasteiger partial charge in [-0.3, -0.25) is 0 Å². The van der Waals surface area contributed by atoms with E-state index in [0.717, 1.165) is 0 Å². The molecule has 0 bridgehead atoms. The van der Waals surface area contributed by atoms with Crippen LogP contribution in [0.1, 0.15) is 41.5 Å². The zero-order chi connectivity index (χ0) is 23.6. The number of carbonyl (C=O) groups is 1. The van der Waals surface area contributed by atoms with Crippen molar-refractivity contribution < 1.29 is 19.1 Å². The molecule has 6 heteroatoms. The third kappa shape index (κ3) is 5.25. The summed E-state index contributed by atoms with van der Waals surface area (Å²) in [6.45, 7) is 13.3. The van der Waals surface area contributed by atoms with Crippen LogP contribution in [0.4, 0.5) is 4.79 Å². The van der Waals surface area contributed by atoms with Gasteiger partial charge in [0.1, 0.15) is 5.60 Å². The molecule has 1 aliphatic heterocycles. The lowest BCUT2D eigenvalue weighted by Crippen LogP contribution is -2.67. The molecule has 1 fully saturated rings. The van der Waals surface area contributed by atoms with Crippen LogP contribution in [-0.2, 0) is 9.16 Å². The molecule has 1 heterocycles. The fraction of sp³-hybridized carbons (Fsp3) is 0.500. The molecule has 174 valence electrons. The van der Waals surface area contributed by atoms with Crippen LogP contribution in [0, 0.1) is 5.92 Å². The highest BCUT2D eigenvalue weighted by atomic mass is 28.4. The number of likely N-dealkylation sites (tertiary alicyclic amines) is 1. The van der Waals surface area contributed by atoms with Crippen molar-refractivity contribution in [2.75, 3.05) is 19.7 Å². The normalized spacial score (nSPS) is 19.8. The molecule has 1 aliphatic rings. The number of rotatable bonds is 5. The Balaban J connectivity index is 1.88. The molecule has 2 aromatic carbocycles. The van der Waals surface area contributed by atoms with E-state index in [1.807, 2.05) is 32.9 Å². The molecule has 3 rings (SSSR count). The van der Waals surface area contributed by atoms with Crippen LogP contribution in [-0.4, -0.2) is 55.8 Å². The summed E-state index contributed by atoms with van der Waals surface area (Å²) in [7, 11) is -2.68. The van der Waals surface area contributed by atoms with Crippen LogP contribution in [0.15, 0.2) is 60.7 Å². The lowest BCUT2D eigenvalue weighted by Gasteiger charge is -2.43. The van der Waals surface area contributed by atoms with E-state index in [-0.39, 0.29) is 23.6 Å². The van der Waals surface area contributed by atoms with Crippen LogP contribution in [0.5, 0.6) is 0 Å². The van der Waals surface area contributed by atoms with Crippen molar-refractivity contribution >= 4 is 24.8 Å². The Kier molecular flexibility index (Phi) is 7.17. The number of amides is 1. The average Bonchev–Trinajstić information content (AvgIpc) is 3.09. The lowest BCUT2D eigenvalue weighted by atomic mass is 10.1. The van der Waals surface area contributed by atoms with E-state index >= 15 is 0 Å². The van der Waals surface area contributed by atoms with Crippen molar-refractivity contribution in [1.82, 2.24) is 4.90 Å². The van der Waals surface area contributed by atoms with Gasteiger partial charge in [-0.1, -0.05) is 81.4 Å². The number of β-amino-alcohol motifs (C(OH)–C–C–N with tert-alkyl or cyclic N) is 1. The van der Waals surface area contributed by atoms with Gasteiger partial charge in [-0.2, -0.15) is 0 Å². The Bertz CT molecular complexity index is 850. The van der Waals surface area contributed by atoms with E-state index in [4.69, 9.17) is 9.16 Å². The molecule has 1 N–H and O–H groups in total. The maximum absolute atomic E-state index is 12.5. The number of benzene rings is 2. The van der Waals surface area contributed by atoms with E-state index in [9.17, 15) is 9.90 Å². The first-order chi connectivity index (χ1) is 14.9. The second-order valence-electron chi connectivity index (χ2n) is 10.7. The number of ether oxygens (including phenoxy) is 1. The number of nitrogens with zero attached hydrogens (tertiary/aromatic N) is 1. The topological polar surface area (TPSA) is 59.0 Å². The third-order valence-electron chi connectivity index (χ3n) is 5.99. The molecule has 1 saturated heterocycles. The fourth-order valence-corrected chi connectivity index (χ4v) is 9.11. The van der Waals surface area contributed by atoms with Gasteiger partial charge in [0.2, 0.25) is 0 Å². The number of hydrogen-bond donors (Lipinski definition) is 1. The van der Waals surface area contributed by atoms with Crippen molar-refractivity contribution in [2.24, 2.45) is 5.92 Å². The van der Waals surface area contributed by atoms with Gasteiger partial charge in [-0.15, -0.1) is 0 Å². The van der Waals surface area contributed by atoms with Crippen LogP contribution in [0.2, 0.25) is 5.04 Å². The minimum Gasteiger partial charge on any atom is -0.444 e. The number of hydrogen-bond acceptors (Lipinski definition) is 4. The molecular weight excluding hydrogens is 418 g/mol. The van der Waals surface area contributed by atoms with Crippen LogP contribution in [0.25, 0.3) is 0 Å². The summed E-state index contributed by atoms with van der Waals surface area (Å²) < 4.78 is 12.5. The van der Waals surface area contributed by atoms with Gasteiger partial charge >= 0.3 is 6.09 Å². The highest BCUT2D eigenvalue weighted by molar-refractivity contribution is 6.99.